The van der Waals surface area contributed by atoms with Crippen molar-refractivity contribution in [3.8, 4) is 0 Å². The number of hydrogen-bond donors (Lipinski definition) is 3. The summed E-state index contributed by atoms with van der Waals surface area (Å²) in [6.07, 6.45) is 0. The van der Waals surface area contributed by atoms with Crippen LogP contribution in [0.25, 0.3) is 10.8 Å². The van der Waals surface area contributed by atoms with E-state index < -0.39 is 21.5 Å². The van der Waals surface area contributed by atoms with Crippen LogP contribution in [0.5, 0.6) is 0 Å². The van der Waals surface area contributed by atoms with Crippen LogP contribution in [0.2, 0.25) is 5.02 Å². The minimum atomic E-state index is -4.03. The van der Waals surface area contributed by atoms with E-state index in [-0.39, 0.29) is 21.3 Å². The van der Waals surface area contributed by atoms with E-state index in [1.54, 1.807) is 48.5 Å². The molecule has 1 amide bonds. The molecule has 1 heterocycles. The van der Waals surface area contributed by atoms with Gasteiger partial charge in [0.2, 0.25) is 0 Å². The summed E-state index contributed by atoms with van der Waals surface area (Å²) >= 11 is 9.42. The number of halogens is 2. The van der Waals surface area contributed by atoms with Gasteiger partial charge in [0.05, 0.1) is 10.4 Å². The van der Waals surface area contributed by atoms with Crippen LogP contribution >= 0.6 is 27.5 Å². The Morgan fingerprint density at radius 3 is 2.34 bits per heavy atom. The first-order valence-electron chi connectivity index (χ1n) is 9.11. The maximum atomic E-state index is 12.9. The first-order valence-corrected chi connectivity index (χ1v) is 11.8. The predicted molar refractivity (Wildman–Crippen MR) is 127 cm³/mol. The summed E-state index contributed by atoms with van der Waals surface area (Å²) in [5, 5.41) is 9.40. The Labute approximate surface area is 195 Å². The Kier molecular flexibility index (Phi) is 6.00. The fourth-order valence-corrected chi connectivity index (χ4v) is 4.84. The van der Waals surface area contributed by atoms with Crippen LogP contribution in [0, 0.1) is 0 Å². The lowest BCUT2D eigenvalue weighted by atomic mass is 10.1. The fourth-order valence-electron chi connectivity index (χ4n) is 2.99. The SMILES string of the molecule is O=C(Nc1ccc(Cl)c(S(=O)(=O)Nc2ccc(Br)cc2)c1)c1n[nH]c(=O)c2ccccc12. The second-order valence-electron chi connectivity index (χ2n) is 6.66. The molecule has 0 radical (unpaired) electrons. The molecule has 0 aliphatic heterocycles. The molecule has 32 heavy (non-hydrogen) atoms. The van der Waals surface area contributed by atoms with Crippen LogP contribution in [0.4, 0.5) is 11.4 Å². The van der Waals surface area contributed by atoms with Gasteiger partial charge in [0.25, 0.3) is 21.5 Å². The zero-order valence-corrected chi connectivity index (χ0v) is 19.3. The van der Waals surface area contributed by atoms with Crippen molar-refractivity contribution in [2.75, 3.05) is 10.0 Å². The van der Waals surface area contributed by atoms with Gasteiger partial charge in [-0.2, -0.15) is 5.10 Å². The molecule has 4 aromatic rings. The molecular formula is C21H14BrClN4O4S. The number of H-pyrrole nitrogens is 1. The van der Waals surface area contributed by atoms with E-state index in [9.17, 15) is 18.0 Å². The van der Waals surface area contributed by atoms with Crippen LogP contribution in [0.15, 0.2) is 80.9 Å². The number of carbonyl (C=O) groups excluding carboxylic acids is 1. The number of fused-ring (bicyclic) bond motifs is 1. The summed E-state index contributed by atoms with van der Waals surface area (Å²) in [5.74, 6) is -0.621. The summed E-state index contributed by atoms with van der Waals surface area (Å²) in [4.78, 5) is 24.5. The number of aromatic amines is 1. The van der Waals surface area contributed by atoms with E-state index in [2.05, 4.69) is 36.2 Å². The average molecular weight is 534 g/mol. The van der Waals surface area contributed by atoms with Crippen LogP contribution in [-0.4, -0.2) is 24.5 Å². The molecule has 0 spiro atoms. The Bertz CT molecular complexity index is 1500. The van der Waals surface area contributed by atoms with Crippen molar-refractivity contribution in [3.05, 3.63) is 92.3 Å². The van der Waals surface area contributed by atoms with Gasteiger partial charge in [0.15, 0.2) is 5.69 Å². The molecule has 0 fully saturated rings. The maximum absolute atomic E-state index is 12.9. The number of nitrogens with one attached hydrogen (secondary N) is 3. The summed E-state index contributed by atoms with van der Waals surface area (Å²) in [5.41, 5.74) is 0.110. The molecule has 1 aromatic heterocycles. The maximum Gasteiger partial charge on any atom is 0.276 e. The molecule has 11 heteroatoms. The van der Waals surface area contributed by atoms with Crippen molar-refractivity contribution in [1.29, 1.82) is 0 Å². The number of benzene rings is 3. The zero-order chi connectivity index (χ0) is 22.9. The number of rotatable bonds is 5. The highest BCUT2D eigenvalue weighted by atomic mass is 79.9. The van der Waals surface area contributed by atoms with Gasteiger partial charge in [-0.15, -0.1) is 0 Å². The van der Waals surface area contributed by atoms with Crippen molar-refractivity contribution < 1.29 is 13.2 Å². The minimum absolute atomic E-state index is 0.00690. The number of aromatic nitrogens is 2. The largest absolute Gasteiger partial charge is 0.321 e. The first-order chi connectivity index (χ1) is 15.2. The number of carbonyl (C=O) groups is 1. The van der Waals surface area contributed by atoms with Gasteiger partial charge in [-0.25, -0.2) is 13.5 Å². The van der Waals surface area contributed by atoms with Crippen molar-refractivity contribution in [2.45, 2.75) is 4.90 Å². The number of sulfonamides is 1. The number of amides is 1. The smallest absolute Gasteiger partial charge is 0.276 e. The second-order valence-corrected chi connectivity index (χ2v) is 9.63. The summed E-state index contributed by atoms with van der Waals surface area (Å²) in [7, 11) is -4.03. The standard InChI is InChI=1S/C21H14BrClN4O4S/c22-12-5-7-13(8-6-12)27-32(30,31)18-11-14(9-10-17(18)23)24-21(29)19-15-3-1-2-4-16(15)20(28)26-25-19/h1-11,27H,(H,24,29)(H,26,28). The average Bonchev–Trinajstić information content (AvgIpc) is 2.77. The number of nitrogens with zero attached hydrogens (tertiary/aromatic N) is 1. The Hall–Kier alpha value is -3.21. The molecule has 3 N–H and O–H groups in total. The third-order valence-electron chi connectivity index (χ3n) is 4.49. The molecule has 0 aliphatic carbocycles. The molecule has 3 aromatic carbocycles. The second kappa shape index (κ2) is 8.73. The molecule has 0 saturated carbocycles. The van der Waals surface area contributed by atoms with E-state index in [0.29, 0.717) is 16.5 Å². The third-order valence-corrected chi connectivity index (χ3v) is 6.88. The molecule has 4 rings (SSSR count). The van der Waals surface area contributed by atoms with E-state index >= 15 is 0 Å². The Morgan fingerprint density at radius 1 is 0.969 bits per heavy atom. The van der Waals surface area contributed by atoms with E-state index in [1.807, 2.05) is 0 Å². The van der Waals surface area contributed by atoms with E-state index in [4.69, 9.17) is 11.6 Å². The summed E-state index contributed by atoms with van der Waals surface area (Å²) in [6, 6.07) is 17.2. The van der Waals surface area contributed by atoms with E-state index in [0.717, 1.165) is 4.47 Å². The van der Waals surface area contributed by atoms with Crippen molar-refractivity contribution in [1.82, 2.24) is 10.2 Å². The van der Waals surface area contributed by atoms with Crippen LogP contribution < -0.4 is 15.6 Å². The lowest BCUT2D eigenvalue weighted by Crippen LogP contribution is -2.19. The highest BCUT2D eigenvalue weighted by Crippen LogP contribution is 2.28. The molecule has 0 unspecified atom stereocenters. The van der Waals surface area contributed by atoms with Gasteiger partial charge < -0.3 is 5.32 Å². The fraction of sp³-hybridized carbons (Fsp3) is 0. The van der Waals surface area contributed by atoms with Crippen molar-refractivity contribution in [3.63, 3.8) is 0 Å². The van der Waals surface area contributed by atoms with Crippen molar-refractivity contribution in [2.24, 2.45) is 0 Å². The Balaban J connectivity index is 1.65. The lowest BCUT2D eigenvalue weighted by molar-refractivity contribution is 0.102. The molecule has 0 saturated heterocycles. The Morgan fingerprint density at radius 2 is 1.62 bits per heavy atom. The lowest BCUT2D eigenvalue weighted by Gasteiger charge is -2.12. The number of anilines is 2. The zero-order valence-electron chi connectivity index (χ0n) is 16.1. The number of hydrogen-bond acceptors (Lipinski definition) is 5. The monoisotopic (exact) mass is 532 g/mol. The van der Waals surface area contributed by atoms with Crippen LogP contribution in [-0.2, 0) is 10.0 Å². The van der Waals surface area contributed by atoms with Crippen LogP contribution in [0.1, 0.15) is 10.5 Å². The van der Waals surface area contributed by atoms with Gasteiger partial charge in [0, 0.05) is 21.2 Å². The summed E-state index contributed by atoms with van der Waals surface area (Å²) < 4.78 is 29.0. The van der Waals surface area contributed by atoms with Gasteiger partial charge in [-0.05, 0) is 48.5 Å². The first kappa shape index (κ1) is 22.0. The molecule has 0 bridgehead atoms. The predicted octanol–water partition coefficient (Wildman–Crippen LogP) is 4.39. The molecule has 8 nitrogen and oxygen atoms in total. The van der Waals surface area contributed by atoms with Gasteiger partial charge in [-0.1, -0.05) is 45.7 Å². The topological polar surface area (TPSA) is 121 Å². The van der Waals surface area contributed by atoms with Crippen molar-refractivity contribution >= 4 is 65.6 Å². The molecular weight excluding hydrogens is 520 g/mol. The normalized spacial score (nSPS) is 11.3. The molecule has 162 valence electrons. The van der Waals surface area contributed by atoms with E-state index in [1.165, 1.54) is 18.2 Å². The summed E-state index contributed by atoms with van der Waals surface area (Å²) in [6.45, 7) is 0. The highest BCUT2D eigenvalue weighted by Gasteiger charge is 2.20. The molecule has 0 atom stereocenters. The van der Waals surface area contributed by atoms with Crippen LogP contribution in [0.3, 0.4) is 0 Å². The minimum Gasteiger partial charge on any atom is -0.321 e. The van der Waals surface area contributed by atoms with Gasteiger partial charge >= 0.3 is 0 Å². The van der Waals surface area contributed by atoms with Gasteiger partial charge in [0.1, 0.15) is 4.90 Å². The molecule has 0 aliphatic rings. The quantitative estimate of drug-likeness (QED) is 0.351. The van der Waals surface area contributed by atoms with Gasteiger partial charge in [-0.3, -0.25) is 14.3 Å². The third kappa shape index (κ3) is 4.52. The highest BCUT2D eigenvalue weighted by molar-refractivity contribution is 9.10.